The summed E-state index contributed by atoms with van der Waals surface area (Å²) in [6.07, 6.45) is 3.41. The molecule has 0 saturated heterocycles. The number of hydrogen-bond donors (Lipinski definition) is 1. The average Bonchev–Trinajstić information content (AvgIpc) is 3.01. The largest absolute Gasteiger partial charge is 0.298 e. The Morgan fingerprint density at radius 2 is 2.13 bits per heavy atom. The van der Waals surface area contributed by atoms with Gasteiger partial charge in [-0.15, -0.1) is 0 Å². The lowest BCUT2D eigenvalue weighted by Gasteiger charge is -2.05. The van der Waals surface area contributed by atoms with Gasteiger partial charge in [0.15, 0.2) is 6.29 Å². The molecule has 1 fully saturated rings. The van der Waals surface area contributed by atoms with E-state index in [4.69, 9.17) is 0 Å². The summed E-state index contributed by atoms with van der Waals surface area (Å²) in [5.74, 6) is 0.257. The molecule has 1 saturated carbocycles. The van der Waals surface area contributed by atoms with Gasteiger partial charge in [0.05, 0.1) is 5.25 Å². The molecule has 0 aromatic carbocycles. The molecule has 0 radical (unpaired) electrons. The summed E-state index contributed by atoms with van der Waals surface area (Å²) in [6.45, 7) is 0. The summed E-state index contributed by atoms with van der Waals surface area (Å²) >= 11 is 0. The van der Waals surface area contributed by atoms with Crippen molar-refractivity contribution in [2.45, 2.75) is 18.1 Å². The first-order valence-corrected chi connectivity index (χ1v) is 6.09. The monoisotopic (exact) mass is 226 g/mol. The predicted molar refractivity (Wildman–Crippen MR) is 55.2 cm³/mol. The highest BCUT2D eigenvalue weighted by atomic mass is 32.2. The molecule has 0 atom stereocenters. The van der Waals surface area contributed by atoms with Crippen molar-refractivity contribution in [1.29, 1.82) is 0 Å². The van der Waals surface area contributed by atoms with Crippen LogP contribution in [0.1, 0.15) is 23.2 Å². The van der Waals surface area contributed by atoms with E-state index in [0.29, 0.717) is 24.7 Å². The van der Waals surface area contributed by atoms with Gasteiger partial charge in [-0.1, -0.05) is 0 Å². The standard InChI is InChI=1S/C9H10N2O3S/c12-6-7-1-4-9(10-5-7)11-15(13,14)8-2-3-8/h1,4-6,8H,2-3H2,(H,10,11). The van der Waals surface area contributed by atoms with Crippen LogP contribution in [-0.4, -0.2) is 24.9 Å². The highest BCUT2D eigenvalue weighted by Gasteiger charge is 2.35. The summed E-state index contributed by atoms with van der Waals surface area (Å²) < 4.78 is 25.4. The Morgan fingerprint density at radius 3 is 2.60 bits per heavy atom. The second-order valence-electron chi connectivity index (χ2n) is 3.44. The van der Waals surface area contributed by atoms with Crippen LogP contribution in [0.25, 0.3) is 0 Å². The van der Waals surface area contributed by atoms with Gasteiger partial charge in [-0.3, -0.25) is 9.52 Å². The molecule has 1 aromatic rings. The summed E-state index contributed by atoms with van der Waals surface area (Å²) in [5.41, 5.74) is 0.421. The fraction of sp³-hybridized carbons (Fsp3) is 0.333. The molecular formula is C9H10N2O3S. The molecule has 0 bridgehead atoms. The van der Waals surface area contributed by atoms with Crippen LogP contribution in [0.2, 0.25) is 0 Å². The van der Waals surface area contributed by atoms with Crippen LogP contribution in [0.15, 0.2) is 18.3 Å². The molecule has 0 amide bonds. The van der Waals surface area contributed by atoms with Gasteiger partial charge in [-0.05, 0) is 25.0 Å². The molecular weight excluding hydrogens is 216 g/mol. The van der Waals surface area contributed by atoms with E-state index in [1.54, 1.807) is 0 Å². The van der Waals surface area contributed by atoms with Crippen LogP contribution < -0.4 is 4.72 Å². The number of pyridine rings is 1. The van der Waals surface area contributed by atoms with E-state index in [1.807, 2.05) is 0 Å². The van der Waals surface area contributed by atoms with Crippen LogP contribution in [0.5, 0.6) is 0 Å². The van der Waals surface area contributed by atoms with E-state index >= 15 is 0 Å². The van der Waals surface area contributed by atoms with Crippen LogP contribution in [-0.2, 0) is 10.0 Å². The first-order chi connectivity index (χ1) is 7.12. The smallest absolute Gasteiger partial charge is 0.236 e. The molecule has 2 rings (SSSR count). The molecule has 0 unspecified atom stereocenters. The van der Waals surface area contributed by atoms with Crippen molar-refractivity contribution in [3.05, 3.63) is 23.9 Å². The number of carbonyl (C=O) groups excluding carboxylic acids is 1. The minimum absolute atomic E-state index is 0.257. The maximum atomic E-state index is 11.5. The van der Waals surface area contributed by atoms with Gasteiger partial charge in [-0.25, -0.2) is 13.4 Å². The van der Waals surface area contributed by atoms with Gasteiger partial charge in [0.25, 0.3) is 0 Å². The first-order valence-electron chi connectivity index (χ1n) is 4.55. The van der Waals surface area contributed by atoms with E-state index in [2.05, 4.69) is 9.71 Å². The molecule has 1 heterocycles. The molecule has 1 aliphatic rings. The Labute approximate surface area is 87.6 Å². The Hall–Kier alpha value is -1.43. The molecule has 1 aliphatic carbocycles. The third-order valence-electron chi connectivity index (χ3n) is 2.13. The van der Waals surface area contributed by atoms with Gasteiger partial charge in [-0.2, -0.15) is 0 Å². The second kappa shape index (κ2) is 3.62. The average molecular weight is 226 g/mol. The molecule has 0 spiro atoms. The van der Waals surface area contributed by atoms with Gasteiger partial charge in [0.2, 0.25) is 10.0 Å². The maximum Gasteiger partial charge on any atom is 0.236 e. The number of sulfonamides is 1. The summed E-state index contributed by atoms with van der Waals surface area (Å²) in [7, 11) is -3.26. The fourth-order valence-electron chi connectivity index (χ4n) is 1.14. The molecule has 15 heavy (non-hydrogen) atoms. The Balaban J connectivity index is 2.13. The fourth-order valence-corrected chi connectivity index (χ4v) is 2.48. The molecule has 80 valence electrons. The lowest BCUT2D eigenvalue weighted by atomic mass is 10.3. The summed E-state index contributed by atoms with van der Waals surface area (Å²) in [4.78, 5) is 14.2. The minimum atomic E-state index is -3.26. The van der Waals surface area contributed by atoms with Crippen molar-refractivity contribution in [2.75, 3.05) is 4.72 Å². The zero-order valence-corrected chi connectivity index (χ0v) is 8.70. The van der Waals surface area contributed by atoms with Crippen LogP contribution in [0.3, 0.4) is 0 Å². The maximum absolute atomic E-state index is 11.5. The molecule has 5 nitrogen and oxygen atoms in total. The number of nitrogens with one attached hydrogen (secondary N) is 1. The number of aldehydes is 1. The SMILES string of the molecule is O=Cc1ccc(NS(=O)(=O)C2CC2)nc1. The van der Waals surface area contributed by atoms with E-state index in [0.717, 1.165) is 0 Å². The highest BCUT2D eigenvalue weighted by Crippen LogP contribution is 2.29. The quantitative estimate of drug-likeness (QED) is 0.770. The molecule has 0 aliphatic heterocycles. The minimum Gasteiger partial charge on any atom is -0.298 e. The van der Waals surface area contributed by atoms with Crippen LogP contribution >= 0.6 is 0 Å². The third-order valence-corrected chi connectivity index (χ3v) is 3.98. The van der Waals surface area contributed by atoms with Crippen molar-refractivity contribution in [2.24, 2.45) is 0 Å². The van der Waals surface area contributed by atoms with E-state index in [9.17, 15) is 13.2 Å². The van der Waals surface area contributed by atoms with Crippen molar-refractivity contribution in [1.82, 2.24) is 4.98 Å². The Morgan fingerprint density at radius 1 is 1.40 bits per heavy atom. The van der Waals surface area contributed by atoms with Crippen molar-refractivity contribution < 1.29 is 13.2 Å². The zero-order valence-electron chi connectivity index (χ0n) is 7.88. The molecule has 1 N–H and O–H groups in total. The lowest BCUT2D eigenvalue weighted by molar-refractivity contribution is 0.112. The predicted octanol–water partition coefficient (Wildman–Crippen LogP) is 0.798. The highest BCUT2D eigenvalue weighted by molar-refractivity contribution is 7.93. The van der Waals surface area contributed by atoms with Crippen molar-refractivity contribution in [3.8, 4) is 0 Å². The van der Waals surface area contributed by atoms with Gasteiger partial charge >= 0.3 is 0 Å². The number of hydrogen-bond acceptors (Lipinski definition) is 4. The van der Waals surface area contributed by atoms with Crippen LogP contribution in [0, 0.1) is 0 Å². The topological polar surface area (TPSA) is 76.1 Å². The second-order valence-corrected chi connectivity index (χ2v) is 5.40. The van der Waals surface area contributed by atoms with E-state index in [1.165, 1.54) is 18.3 Å². The lowest BCUT2D eigenvalue weighted by Crippen LogP contribution is -2.18. The number of aromatic nitrogens is 1. The molecule has 6 heteroatoms. The van der Waals surface area contributed by atoms with Gasteiger partial charge in [0.1, 0.15) is 5.82 Å². The first kappa shape index (κ1) is 10.1. The molecule has 1 aromatic heterocycles. The van der Waals surface area contributed by atoms with Crippen LogP contribution in [0.4, 0.5) is 5.82 Å². The Bertz CT molecular complexity index is 463. The van der Waals surface area contributed by atoms with E-state index in [-0.39, 0.29) is 11.1 Å². The number of rotatable bonds is 4. The van der Waals surface area contributed by atoms with E-state index < -0.39 is 10.0 Å². The normalized spacial score (nSPS) is 16.0. The number of carbonyl (C=O) groups is 1. The van der Waals surface area contributed by atoms with Crippen molar-refractivity contribution >= 4 is 22.1 Å². The van der Waals surface area contributed by atoms with Gasteiger partial charge in [0, 0.05) is 11.8 Å². The number of anilines is 1. The summed E-state index contributed by atoms with van der Waals surface area (Å²) in [6, 6.07) is 2.99. The van der Waals surface area contributed by atoms with Crippen molar-refractivity contribution in [3.63, 3.8) is 0 Å². The number of nitrogens with zero attached hydrogens (tertiary/aromatic N) is 1. The summed E-state index contributed by atoms with van der Waals surface area (Å²) in [5, 5.41) is -0.273. The Kier molecular flexibility index (Phi) is 2.44. The van der Waals surface area contributed by atoms with Gasteiger partial charge < -0.3 is 0 Å². The zero-order chi connectivity index (χ0) is 10.9. The third kappa shape index (κ3) is 2.33.